The zero-order valence-corrected chi connectivity index (χ0v) is 9.88. The number of rotatable bonds is 2. The summed E-state index contributed by atoms with van der Waals surface area (Å²) >= 11 is 0. The Labute approximate surface area is 104 Å². The third-order valence-corrected chi connectivity index (χ3v) is 2.89. The fourth-order valence-corrected chi connectivity index (χ4v) is 1.59. The Hall–Kier alpha value is -2.19. The van der Waals surface area contributed by atoms with E-state index in [1.807, 2.05) is 0 Å². The molecule has 1 heterocycles. The van der Waals surface area contributed by atoms with Gasteiger partial charge in [-0.1, -0.05) is 0 Å². The Kier molecular flexibility index (Phi) is 3.40. The number of carbonyl (C=O) groups is 1. The van der Waals surface area contributed by atoms with Crippen LogP contribution in [0.3, 0.4) is 0 Å². The van der Waals surface area contributed by atoms with Gasteiger partial charge in [0, 0.05) is 24.4 Å². The first-order chi connectivity index (χ1) is 8.61. The molecule has 1 aromatic rings. The molecule has 1 fully saturated rings. The van der Waals surface area contributed by atoms with E-state index >= 15 is 0 Å². The van der Waals surface area contributed by atoms with Crippen LogP contribution in [0.5, 0.6) is 0 Å². The van der Waals surface area contributed by atoms with Crippen LogP contribution in [-0.2, 0) is 4.79 Å². The van der Waals surface area contributed by atoms with Crippen molar-refractivity contribution in [3.63, 3.8) is 0 Å². The molecular formula is C13H12FN3O. The number of carbonyl (C=O) groups excluding carboxylic acids is 1. The number of nitrogens with zero attached hydrogens (tertiary/aromatic N) is 1. The molecule has 0 atom stereocenters. The topological polar surface area (TPSA) is 64.9 Å². The molecule has 1 amide bonds. The Morgan fingerprint density at radius 1 is 1.50 bits per heavy atom. The van der Waals surface area contributed by atoms with Gasteiger partial charge >= 0.3 is 0 Å². The van der Waals surface area contributed by atoms with Gasteiger partial charge in [-0.2, -0.15) is 5.26 Å². The second-order valence-electron chi connectivity index (χ2n) is 4.09. The molecule has 1 aliphatic heterocycles. The van der Waals surface area contributed by atoms with Crippen molar-refractivity contribution in [2.45, 2.75) is 6.92 Å². The number of amides is 1. The SMILES string of the molecule is CC(C(=O)Nc1ccc(F)c(C#N)c1)=C1CNC1. The standard InChI is InChI=1S/C13H12FN3O/c1-8(10-6-16-7-10)13(18)17-11-2-3-12(14)9(4-11)5-15/h2-4,16H,6-7H2,1H3,(H,17,18). The van der Waals surface area contributed by atoms with E-state index in [0.717, 1.165) is 18.7 Å². The first kappa shape index (κ1) is 12.3. The summed E-state index contributed by atoms with van der Waals surface area (Å²) in [6, 6.07) is 5.66. The lowest BCUT2D eigenvalue weighted by molar-refractivity contribution is -0.112. The number of hydrogen-bond donors (Lipinski definition) is 2. The van der Waals surface area contributed by atoms with E-state index in [1.54, 1.807) is 13.0 Å². The third kappa shape index (κ3) is 2.39. The van der Waals surface area contributed by atoms with Gasteiger partial charge < -0.3 is 10.6 Å². The Bertz CT molecular complexity index is 566. The predicted octanol–water partition coefficient (Wildman–Crippen LogP) is 1.56. The van der Waals surface area contributed by atoms with Gasteiger partial charge in [0.2, 0.25) is 0 Å². The fraction of sp³-hybridized carbons (Fsp3) is 0.231. The molecule has 5 heteroatoms. The van der Waals surface area contributed by atoms with Crippen molar-refractivity contribution in [1.29, 1.82) is 5.26 Å². The second-order valence-corrected chi connectivity index (χ2v) is 4.09. The quantitative estimate of drug-likeness (QED) is 0.777. The molecule has 1 aliphatic rings. The van der Waals surface area contributed by atoms with E-state index < -0.39 is 5.82 Å². The van der Waals surface area contributed by atoms with E-state index in [4.69, 9.17) is 5.26 Å². The molecule has 0 bridgehead atoms. The van der Waals surface area contributed by atoms with Crippen LogP contribution in [0.15, 0.2) is 29.3 Å². The first-order valence-corrected chi connectivity index (χ1v) is 5.52. The molecule has 2 N–H and O–H groups in total. The van der Waals surface area contributed by atoms with Gasteiger partial charge in [-0.15, -0.1) is 0 Å². The minimum absolute atomic E-state index is 0.0802. The van der Waals surface area contributed by atoms with E-state index in [0.29, 0.717) is 11.3 Å². The van der Waals surface area contributed by atoms with Crippen molar-refractivity contribution < 1.29 is 9.18 Å². The Balaban J connectivity index is 2.15. The lowest BCUT2D eigenvalue weighted by atomic mass is 10.0. The molecule has 2 rings (SSSR count). The maximum absolute atomic E-state index is 13.1. The van der Waals surface area contributed by atoms with Gasteiger partial charge in [0.25, 0.3) is 5.91 Å². The van der Waals surface area contributed by atoms with Crippen molar-refractivity contribution in [2.24, 2.45) is 0 Å². The minimum Gasteiger partial charge on any atom is -0.322 e. The lowest BCUT2D eigenvalue weighted by Crippen LogP contribution is -2.36. The van der Waals surface area contributed by atoms with E-state index in [2.05, 4.69) is 10.6 Å². The fourth-order valence-electron chi connectivity index (χ4n) is 1.59. The van der Waals surface area contributed by atoms with Crippen molar-refractivity contribution in [1.82, 2.24) is 5.32 Å². The van der Waals surface area contributed by atoms with Gasteiger partial charge in [0.05, 0.1) is 5.56 Å². The summed E-state index contributed by atoms with van der Waals surface area (Å²) in [5.41, 5.74) is 2.07. The summed E-state index contributed by atoms with van der Waals surface area (Å²) in [5.74, 6) is -0.809. The molecule has 1 saturated heterocycles. The van der Waals surface area contributed by atoms with Crippen molar-refractivity contribution in [2.75, 3.05) is 18.4 Å². The summed E-state index contributed by atoms with van der Waals surface area (Å²) in [7, 11) is 0. The molecule has 0 unspecified atom stereocenters. The molecule has 1 aromatic carbocycles. The molecule has 0 aromatic heterocycles. The van der Waals surface area contributed by atoms with Crippen LogP contribution in [0.25, 0.3) is 0 Å². The highest BCUT2D eigenvalue weighted by Gasteiger charge is 2.16. The molecule has 0 saturated carbocycles. The van der Waals surface area contributed by atoms with E-state index in [9.17, 15) is 9.18 Å². The van der Waals surface area contributed by atoms with E-state index in [-0.39, 0.29) is 11.5 Å². The summed E-state index contributed by atoms with van der Waals surface area (Å²) in [6.07, 6.45) is 0. The maximum atomic E-state index is 13.1. The smallest absolute Gasteiger partial charge is 0.251 e. The van der Waals surface area contributed by atoms with Gasteiger partial charge in [-0.25, -0.2) is 4.39 Å². The number of halogens is 1. The maximum Gasteiger partial charge on any atom is 0.251 e. The Morgan fingerprint density at radius 2 is 2.22 bits per heavy atom. The molecule has 92 valence electrons. The molecule has 18 heavy (non-hydrogen) atoms. The highest BCUT2D eigenvalue weighted by atomic mass is 19.1. The lowest BCUT2D eigenvalue weighted by Gasteiger charge is -2.21. The van der Waals surface area contributed by atoms with Crippen LogP contribution in [0.4, 0.5) is 10.1 Å². The third-order valence-electron chi connectivity index (χ3n) is 2.89. The van der Waals surface area contributed by atoms with Crippen molar-refractivity contribution >= 4 is 11.6 Å². The van der Waals surface area contributed by atoms with Crippen LogP contribution in [0, 0.1) is 17.1 Å². The van der Waals surface area contributed by atoms with Crippen LogP contribution in [0.1, 0.15) is 12.5 Å². The number of nitrogens with one attached hydrogen (secondary N) is 2. The van der Waals surface area contributed by atoms with E-state index in [1.165, 1.54) is 18.2 Å². The summed E-state index contributed by atoms with van der Waals surface area (Å²) < 4.78 is 13.1. The average molecular weight is 245 g/mol. The van der Waals surface area contributed by atoms with Gasteiger partial charge in [0.1, 0.15) is 11.9 Å². The zero-order chi connectivity index (χ0) is 13.1. The van der Waals surface area contributed by atoms with Gasteiger partial charge in [-0.05, 0) is 30.7 Å². The molecule has 0 spiro atoms. The summed E-state index contributed by atoms with van der Waals surface area (Å²) in [6.45, 7) is 3.21. The average Bonchev–Trinajstić information content (AvgIpc) is 2.29. The Morgan fingerprint density at radius 3 is 2.78 bits per heavy atom. The summed E-state index contributed by atoms with van der Waals surface area (Å²) in [5, 5.41) is 14.4. The van der Waals surface area contributed by atoms with Crippen LogP contribution >= 0.6 is 0 Å². The van der Waals surface area contributed by atoms with Crippen LogP contribution in [-0.4, -0.2) is 19.0 Å². The monoisotopic (exact) mass is 245 g/mol. The van der Waals surface area contributed by atoms with Crippen molar-refractivity contribution in [3.05, 3.63) is 40.7 Å². The van der Waals surface area contributed by atoms with Crippen molar-refractivity contribution in [3.8, 4) is 6.07 Å². The first-order valence-electron chi connectivity index (χ1n) is 5.52. The summed E-state index contributed by atoms with van der Waals surface area (Å²) in [4.78, 5) is 11.9. The van der Waals surface area contributed by atoms with Crippen LogP contribution < -0.4 is 10.6 Å². The minimum atomic E-state index is -0.589. The molecular weight excluding hydrogens is 233 g/mol. The number of nitriles is 1. The molecule has 0 aliphatic carbocycles. The second kappa shape index (κ2) is 4.98. The molecule has 4 nitrogen and oxygen atoms in total. The number of hydrogen-bond acceptors (Lipinski definition) is 3. The van der Waals surface area contributed by atoms with Crippen LogP contribution in [0.2, 0.25) is 0 Å². The number of anilines is 1. The highest BCUT2D eigenvalue weighted by Crippen LogP contribution is 2.16. The number of benzene rings is 1. The normalized spacial score (nSPS) is 13.5. The molecule has 0 radical (unpaired) electrons. The van der Waals surface area contributed by atoms with Gasteiger partial charge in [0.15, 0.2) is 0 Å². The highest BCUT2D eigenvalue weighted by molar-refractivity contribution is 6.04. The largest absolute Gasteiger partial charge is 0.322 e. The predicted molar refractivity (Wildman–Crippen MR) is 65.3 cm³/mol. The zero-order valence-electron chi connectivity index (χ0n) is 9.88. The van der Waals surface area contributed by atoms with Gasteiger partial charge in [-0.3, -0.25) is 4.79 Å².